The van der Waals surface area contributed by atoms with Gasteiger partial charge in [-0.3, -0.25) is 4.79 Å². The summed E-state index contributed by atoms with van der Waals surface area (Å²) in [6.45, 7) is 4.34. The maximum absolute atomic E-state index is 12.3. The molecule has 0 heterocycles. The molecule has 3 nitrogen and oxygen atoms in total. The number of thioether (sulfide) groups is 1. The normalized spacial score (nSPS) is 12.0. The molecule has 1 N–H and O–H groups in total. The standard InChI is InChI=1S/C20H25NO2S/c1-15(2)13-19(16-9-11-17(23-3)12-10-16)21-20(22)14-24-18-7-5-4-6-8-18/h4-12,15,19H,13-14H2,1-3H3,(H,21,22). The highest BCUT2D eigenvalue weighted by atomic mass is 32.2. The lowest BCUT2D eigenvalue weighted by atomic mass is 9.97. The molecule has 0 saturated carbocycles. The first-order valence-electron chi connectivity index (χ1n) is 8.19. The molecule has 0 aliphatic rings. The first-order valence-corrected chi connectivity index (χ1v) is 9.18. The quantitative estimate of drug-likeness (QED) is 0.707. The summed E-state index contributed by atoms with van der Waals surface area (Å²) in [6.07, 6.45) is 0.911. The van der Waals surface area contributed by atoms with Crippen molar-refractivity contribution in [1.29, 1.82) is 0 Å². The minimum absolute atomic E-state index is 0.0276. The largest absolute Gasteiger partial charge is 0.497 e. The van der Waals surface area contributed by atoms with E-state index in [0.717, 1.165) is 22.6 Å². The van der Waals surface area contributed by atoms with Crippen LogP contribution in [-0.4, -0.2) is 18.8 Å². The fourth-order valence-corrected chi connectivity index (χ4v) is 3.22. The molecule has 4 heteroatoms. The van der Waals surface area contributed by atoms with Crippen molar-refractivity contribution in [3.63, 3.8) is 0 Å². The van der Waals surface area contributed by atoms with Gasteiger partial charge in [0.2, 0.25) is 5.91 Å². The number of rotatable bonds is 8. The van der Waals surface area contributed by atoms with Crippen LogP contribution in [0.2, 0.25) is 0 Å². The average molecular weight is 343 g/mol. The van der Waals surface area contributed by atoms with Gasteiger partial charge in [0.05, 0.1) is 18.9 Å². The third-order valence-corrected chi connectivity index (χ3v) is 4.69. The fourth-order valence-electron chi connectivity index (χ4n) is 2.49. The molecule has 1 amide bonds. The lowest BCUT2D eigenvalue weighted by Crippen LogP contribution is -2.30. The highest BCUT2D eigenvalue weighted by molar-refractivity contribution is 8.00. The molecule has 0 saturated heterocycles. The van der Waals surface area contributed by atoms with Gasteiger partial charge in [-0.25, -0.2) is 0 Å². The molecular formula is C20H25NO2S. The Morgan fingerprint density at radius 3 is 2.33 bits per heavy atom. The topological polar surface area (TPSA) is 38.3 Å². The molecule has 2 rings (SSSR count). The Hall–Kier alpha value is -1.94. The van der Waals surface area contributed by atoms with Gasteiger partial charge in [0, 0.05) is 4.90 Å². The zero-order chi connectivity index (χ0) is 17.4. The first kappa shape index (κ1) is 18.4. The van der Waals surface area contributed by atoms with Gasteiger partial charge in [0.1, 0.15) is 5.75 Å². The predicted molar refractivity (Wildman–Crippen MR) is 100 cm³/mol. The average Bonchev–Trinajstić information content (AvgIpc) is 2.60. The first-order chi connectivity index (χ1) is 11.6. The van der Waals surface area contributed by atoms with Crippen LogP contribution in [0.25, 0.3) is 0 Å². The van der Waals surface area contributed by atoms with E-state index in [1.165, 1.54) is 0 Å². The molecule has 1 unspecified atom stereocenters. The highest BCUT2D eigenvalue weighted by Crippen LogP contribution is 2.24. The zero-order valence-corrected chi connectivity index (χ0v) is 15.3. The summed E-state index contributed by atoms with van der Waals surface area (Å²) in [6, 6.07) is 17.9. The summed E-state index contributed by atoms with van der Waals surface area (Å²) < 4.78 is 5.21. The van der Waals surface area contributed by atoms with Crippen molar-refractivity contribution in [1.82, 2.24) is 5.32 Å². The minimum Gasteiger partial charge on any atom is -0.497 e. The summed E-state index contributed by atoms with van der Waals surface area (Å²) in [4.78, 5) is 13.5. The van der Waals surface area contributed by atoms with Gasteiger partial charge in [-0.2, -0.15) is 0 Å². The third-order valence-electron chi connectivity index (χ3n) is 3.67. The number of carbonyl (C=O) groups is 1. The summed E-state index contributed by atoms with van der Waals surface area (Å²) in [5.41, 5.74) is 1.11. The zero-order valence-electron chi connectivity index (χ0n) is 14.5. The monoisotopic (exact) mass is 343 g/mol. The molecule has 0 fully saturated rings. The van der Waals surface area contributed by atoms with Crippen molar-refractivity contribution >= 4 is 17.7 Å². The highest BCUT2D eigenvalue weighted by Gasteiger charge is 2.16. The Morgan fingerprint density at radius 1 is 1.08 bits per heavy atom. The molecule has 2 aromatic rings. The van der Waals surface area contributed by atoms with E-state index >= 15 is 0 Å². The van der Waals surface area contributed by atoms with E-state index in [1.54, 1.807) is 18.9 Å². The van der Waals surface area contributed by atoms with Crippen LogP contribution in [0.15, 0.2) is 59.5 Å². The van der Waals surface area contributed by atoms with Crippen LogP contribution in [0.3, 0.4) is 0 Å². The molecule has 1 atom stereocenters. The Labute approximate surface area is 148 Å². The number of hydrogen-bond donors (Lipinski definition) is 1. The summed E-state index contributed by atoms with van der Waals surface area (Å²) in [7, 11) is 1.66. The molecule has 0 aromatic heterocycles. The van der Waals surface area contributed by atoms with E-state index in [4.69, 9.17) is 4.74 Å². The Bertz CT molecular complexity index is 626. The SMILES string of the molecule is COc1ccc(C(CC(C)C)NC(=O)CSc2ccccc2)cc1. The molecule has 0 radical (unpaired) electrons. The van der Waals surface area contributed by atoms with E-state index in [2.05, 4.69) is 19.2 Å². The lowest BCUT2D eigenvalue weighted by molar-refractivity contribution is -0.119. The van der Waals surface area contributed by atoms with Crippen molar-refractivity contribution in [3.05, 3.63) is 60.2 Å². The molecule has 2 aromatic carbocycles. The van der Waals surface area contributed by atoms with Crippen LogP contribution < -0.4 is 10.1 Å². The lowest BCUT2D eigenvalue weighted by Gasteiger charge is -2.21. The van der Waals surface area contributed by atoms with Crippen molar-refractivity contribution in [2.45, 2.75) is 31.2 Å². The number of ether oxygens (including phenoxy) is 1. The van der Waals surface area contributed by atoms with Crippen LogP contribution in [0.1, 0.15) is 31.9 Å². The van der Waals surface area contributed by atoms with Crippen LogP contribution in [0.5, 0.6) is 5.75 Å². The number of carbonyl (C=O) groups excluding carboxylic acids is 1. The van der Waals surface area contributed by atoms with Gasteiger partial charge in [-0.05, 0) is 42.2 Å². The van der Waals surface area contributed by atoms with Gasteiger partial charge in [0.25, 0.3) is 0 Å². The Kier molecular flexibility index (Phi) is 7.19. The smallest absolute Gasteiger partial charge is 0.230 e. The van der Waals surface area contributed by atoms with Crippen LogP contribution in [-0.2, 0) is 4.79 Å². The van der Waals surface area contributed by atoms with E-state index in [1.807, 2.05) is 54.6 Å². The molecule has 0 spiro atoms. The second kappa shape index (κ2) is 9.38. The third kappa shape index (κ3) is 5.93. The van der Waals surface area contributed by atoms with Crippen LogP contribution >= 0.6 is 11.8 Å². The molecule has 128 valence electrons. The van der Waals surface area contributed by atoms with E-state index in [9.17, 15) is 4.79 Å². The summed E-state index contributed by atoms with van der Waals surface area (Å²) in [5, 5.41) is 3.17. The number of hydrogen-bond acceptors (Lipinski definition) is 3. The van der Waals surface area contributed by atoms with Gasteiger partial charge < -0.3 is 10.1 Å². The maximum Gasteiger partial charge on any atom is 0.230 e. The van der Waals surface area contributed by atoms with Crippen LogP contribution in [0, 0.1) is 5.92 Å². The Balaban J connectivity index is 1.97. The second-order valence-electron chi connectivity index (χ2n) is 6.12. The van der Waals surface area contributed by atoms with Gasteiger partial charge in [-0.1, -0.05) is 44.2 Å². The number of methoxy groups -OCH3 is 1. The van der Waals surface area contributed by atoms with Gasteiger partial charge in [-0.15, -0.1) is 11.8 Å². The molecule has 0 bridgehead atoms. The maximum atomic E-state index is 12.3. The van der Waals surface area contributed by atoms with E-state index < -0.39 is 0 Å². The number of benzene rings is 2. The van der Waals surface area contributed by atoms with Gasteiger partial charge in [0.15, 0.2) is 0 Å². The number of amides is 1. The van der Waals surface area contributed by atoms with Crippen LogP contribution in [0.4, 0.5) is 0 Å². The molecule has 0 aliphatic carbocycles. The van der Waals surface area contributed by atoms with Crippen molar-refractivity contribution in [3.8, 4) is 5.75 Å². The fraction of sp³-hybridized carbons (Fsp3) is 0.350. The molecule has 24 heavy (non-hydrogen) atoms. The summed E-state index contributed by atoms with van der Waals surface area (Å²) in [5.74, 6) is 1.81. The van der Waals surface area contributed by atoms with E-state index in [-0.39, 0.29) is 11.9 Å². The molecular weight excluding hydrogens is 318 g/mol. The summed E-state index contributed by atoms with van der Waals surface area (Å²) >= 11 is 1.56. The predicted octanol–water partition coefficient (Wildman–Crippen LogP) is 4.69. The van der Waals surface area contributed by atoms with Crippen molar-refractivity contribution in [2.24, 2.45) is 5.92 Å². The minimum atomic E-state index is 0.0276. The Morgan fingerprint density at radius 2 is 1.75 bits per heavy atom. The van der Waals surface area contributed by atoms with E-state index in [0.29, 0.717) is 11.7 Å². The second-order valence-corrected chi connectivity index (χ2v) is 7.17. The van der Waals surface area contributed by atoms with Crippen molar-refractivity contribution in [2.75, 3.05) is 12.9 Å². The van der Waals surface area contributed by atoms with Gasteiger partial charge >= 0.3 is 0 Å². The van der Waals surface area contributed by atoms with Crippen molar-refractivity contribution < 1.29 is 9.53 Å². The number of nitrogens with one attached hydrogen (secondary N) is 1. The molecule has 0 aliphatic heterocycles.